The summed E-state index contributed by atoms with van der Waals surface area (Å²) in [5.41, 5.74) is 1.41. The predicted octanol–water partition coefficient (Wildman–Crippen LogP) is 3.27. The van der Waals surface area contributed by atoms with Gasteiger partial charge in [-0.3, -0.25) is 4.99 Å². The molecule has 2 N–H and O–H groups in total. The molecule has 2 atom stereocenters. The van der Waals surface area contributed by atoms with Crippen LogP contribution in [0.3, 0.4) is 0 Å². The Bertz CT molecular complexity index is 428. The number of halogens is 1. The number of nitrogens with one attached hydrogen (secondary N) is 2. The summed E-state index contributed by atoms with van der Waals surface area (Å²) in [4.78, 5) is 4.54. The molecule has 19 heavy (non-hydrogen) atoms. The molecule has 1 aliphatic carbocycles. The minimum Gasteiger partial charge on any atom is -0.357 e. The van der Waals surface area contributed by atoms with Crippen molar-refractivity contribution in [3.05, 3.63) is 34.3 Å². The summed E-state index contributed by atoms with van der Waals surface area (Å²) in [5.74, 6) is 1.58. The number of hydrogen-bond donors (Lipinski definition) is 2. The van der Waals surface area contributed by atoms with Crippen LogP contribution in [0.25, 0.3) is 0 Å². The molecule has 0 radical (unpaired) electrons. The molecular formula is C15H22BrN3. The summed E-state index contributed by atoms with van der Waals surface area (Å²) >= 11 is 3.47. The Balaban J connectivity index is 1.89. The molecule has 0 aromatic heterocycles. The first-order valence-corrected chi connectivity index (χ1v) is 7.84. The zero-order valence-corrected chi connectivity index (χ0v) is 13.2. The van der Waals surface area contributed by atoms with Crippen LogP contribution >= 0.6 is 15.9 Å². The smallest absolute Gasteiger partial charge is 0.191 e. The lowest BCUT2D eigenvalue weighted by Gasteiger charge is -2.11. The second-order valence-corrected chi connectivity index (χ2v) is 5.82. The highest BCUT2D eigenvalue weighted by Crippen LogP contribution is 2.40. The normalized spacial score (nSPS) is 22.2. The van der Waals surface area contributed by atoms with E-state index >= 15 is 0 Å². The third-order valence-corrected chi connectivity index (χ3v) is 3.78. The summed E-state index contributed by atoms with van der Waals surface area (Å²) in [5, 5.41) is 6.82. The van der Waals surface area contributed by atoms with Crippen LogP contribution in [0.5, 0.6) is 0 Å². The number of hydrogen-bond acceptors (Lipinski definition) is 1. The van der Waals surface area contributed by atoms with E-state index in [9.17, 15) is 0 Å². The lowest BCUT2D eigenvalue weighted by atomic mass is 10.1. The van der Waals surface area contributed by atoms with Gasteiger partial charge in [0.05, 0.1) is 0 Å². The molecule has 0 spiro atoms. The highest BCUT2D eigenvalue weighted by atomic mass is 79.9. The van der Waals surface area contributed by atoms with E-state index in [1.165, 1.54) is 12.0 Å². The van der Waals surface area contributed by atoms with Crippen molar-refractivity contribution in [2.24, 2.45) is 4.99 Å². The third-order valence-electron chi connectivity index (χ3n) is 3.25. The fourth-order valence-corrected chi connectivity index (χ4v) is 2.42. The monoisotopic (exact) mass is 323 g/mol. The second-order valence-electron chi connectivity index (χ2n) is 4.91. The van der Waals surface area contributed by atoms with Gasteiger partial charge in [-0.1, -0.05) is 35.0 Å². The lowest BCUT2D eigenvalue weighted by Crippen LogP contribution is -2.39. The lowest BCUT2D eigenvalue weighted by molar-refractivity contribution is 0.789. The van der Waals surface area contributed by atoms with Crippen molar-refractivity contribution in [1.29, 1.82) is 0 Å². The number of aliphatic imine (C=N–C) groups is 1. The highest BCUT2D eigenvalue weighted by Gasteiger charge is 2.38. The number of benzene rings is 1. The highest BCUT2D eigenvalue weighted by molar-refractivity contribution is 9.10. The quantitative estimate of drug-likeness (QED) is 0.644. The van der Waals surface area contributed by atoms with Crippen LogP contribution in [0.2, 0.25) is 0 Å². The Labute approximate surface area is 124 Å². The van der Waals surface area contributed by atoms with E-state index in [0.717, 1.165) is 29.9 Å². The standard InChI is InChI=1S/C15H22BrN3/c1-3-9-18-15(17-4-2)19-14-10-13(14)11-5-7-12(16)8-6-11/h5-8,13-14H,3-4,9-10H2,1-2H3,(H2,17,18,19). The van der Waals surface area contributed by atoms with Crippen LogP contribution in [-0.4, -0.2) is 25.1 Å². The van der Waals surface area contributed by atoms with E-state index in [-0.39, 0.29) is 0 Å². The number of nitrogens with zero attached hydrogens (tertiary/aromatic N) is 1. The average Bonchev–Trinajstić information content (AvgIpc) is 3.16. The molecule has 2 unspecified atom stereocenters. The zero-order valence-electron chi connectivity index (χ0n) is 11.6. The molecule has 0 saturated heterocycles. The molecule has 1 aromatic carbocycles. The van der Waals surface area contributed by atoms with Gasteiger partial charge in [-0.05, 0) is 37.5 Å². The Kier molecular flexibility index (Phi) is 5.25. The van der Waals surface area contributed by atoms with Gasteiger partial charge in [0.15, 0.2) is 5.96 Å². The van der Waals surface area contributed by atoms with Gasteiger partial charge in [-0.2, -0.15) is 0 Å². The van der Waals surface area contributed by atoms with E-state index < -0.39 is 0 Å². The van der Waals surface area contributed by atoms with Crippen molar-refractivity contribution < 1.29 is 0 Å². The van der Waals surface area contributed by atoms with Crippen LogP contribution in [0, 0.1) is 0 Å². The molecule has 0 bridgehead atoms. The molecule has 3 nitrogen and oxygen atoms in total. The van der Waals surface area contributed by atoms with Gasteiger partial charge in [-0.25, -0.2) is 0 Å². The molecule has 4 heteroatoms. The Morgan fingerprint density at radius 1 is 1.32 bits per heavy atom. The maximum atomic E-state index is 4.54. The zero-order chi connectivity index (χ0) is 13.7. The molecular weight excluding hydrogens is 302 g/mol. The predicted molar refractivity (Wildman–Crippen MR) is 84.7 cm³/mol. The van der Waals surface area contributed by atoms with Gasteiger partial charge in [0.25, 0.3) is 0 Å². The van der Waals surface area contributed by atoms with E-state index in [1.54, 1.807) is 0 Å². The summed E-state index contributed by atoms with van der Waals surface area (Å²) in [7, 11) is 0. The molecule has 104 valence electrons. The topological polar surface area (TPSA) is 36.4 Å². The van der Waals surface area contributed by atoms with E-state index in [2.05, 4.69) is 69.7 Å². The first-order valence-electron chi connectivity index (χ1n) is 7.05. The Morgan fingerprint density at radius 2 is 2.05 bits per heavy atom. The van der Waals surface area contributed by atoms with Crippen LogP contribution in [0.15, 0.2) is 33.7 Å². The Morgan fingerprint density at radius 3 is 2.68 bits per heavy atom. The fourth-order valence-electron chi connectivity index (χ4n) is 2.15. The van der Waals surface area contributed by atoms with Crippen molar-refractivity contribution in [1.82, 2.24) is 10.6 Å². The molecule has 1 fully saturated rings. The van der Waals surface area contributed by atoms with Crippen molar-refractivity contribution in [2.45, 2.75) is 38.6 Å². The minimum atomic E-state index is 0.524. The van der Waals surface area contributed by atoms with Gasteiger partial charge < -0.3 is 10.6 Å². The van der Waals surface area contributed by atoms with Gasteiger partial charge >= 0.3 is 0 Å². The van der Waals surface area contributed by atoms with Crippen molar-refractivity contribution >= 4 is 21.9 Å². The summed E-state index contributed by atoms with van der Waals surface area (Å²) in [6, 6.07) is 9.15. The number of guanidine groups is 1. The summed E-state index contributed by atoms with van der Waals surface area (Å²) in [6.07, 6.45) is 2.27. The van der Waals surface area contributed by atoms with Gasteiger partial charge in [-0.15, -0.1) is 0 Å². The fraction of sp³-hybridized carbons (Fsp3) is 0.533. The Hall–Kier alpha value is -1.03. The largest absolute Gasteiger partial charge is 0.357 e. The van der Waals surface area contributed by atoms with Crippen LogP contribution < -0.4 is 10.6 Å². The maximum absolute atomic E-state index is 4.54. The van der Waals surface area contributed by atoms with Crippen molar-refractivity contribution in [2.75, 3.05) is 13.1 Å². The maximum Gasteiger partial charge on any atom is 0.191 e. The molecule has 0 aliphatic heterocycles. The minimum absolute atomic E-state index is 0.524. The molecule has 1 aliphatic rings. The summed E-state index contributed by atoms with van der Waals surface area (Å²) in [6.45, 7) is 6.04. The van der Waals surface area contributed by atoms with Crippen LogP contribution in [0.4, 0.5) is 0 Å². The molecule has 1 saturated carbocycles. The third kappa shape index (κ3) is 4.23. The SMILES string of the molecule is CCCN=C(NCC)NC1CC1c1ccc(Br)cc1. The van der Waals surface area contributed by atoms with E-state index in [0.29, 0.717) is 12.0 Å². The first kappa shape index (κ1) is 14.4. The second kappa shape index (κ2) is 6.94. The van der Waals surface area contributed by atoms with Gasteiger partial charge in [0.2, 0.25) is 0 Å². The molecule has 0 amide bonds. The van der Waals surface area contributed by atoms with Gasteiger partial charge in [0, 0.05) is 29.5 Å². The molecule has 2 rings (SSSR count). The molecule has 0 heterocycles. The van der Waals surface area contributed by atoms with Crippen LogP contribution in [-0.2, 0) is 0 Å². The van der Waals surface area contributed by atoms with Crippen molar-refractivity contribution in [3.8, 4) is 0 Å². The van der Waals surface area contributed by atoms with Crippen molar-refractivity contribution in [3.63, 3.8) is 0 Å². The number of rotatable bonds is 5. The van der Waals surface area contributed by atoms with E-state index in [4.69, 9.17) is 0 Å². The average molecular weight is 324 g/mol. The van der Waals surface area contributed by atoms with E-state index in [1.807, 2.05) is 0 Å². The van der Waals surface area contributed by atoms with Gasteiger partial charge in [0.1, 0.15) is 0 Å². The summed E-state index contributed by atoms with van der Waals surface area (Å²) < 4.78 is 1.14. The van der Waals surface area contributed by atoms with Crippen LogP contribution in [0.1, 0.15) is 38.2 Å². The first-order chi connectivity index (χ1) is 9.24. The molecule has 1 aromatic rings.